The van der Waals surface area contributed by atoms with Gasteiger partial charge in [-0.3, -0.25) is 9.97 Å². The smallest absolute Gasteiger partial charge is 0.339 e. The van der Waals surface area contributed by atoms with Crippen LogP contribution in [0.15, 0.2) is 194 Å². The number of pyridine rings is 8. The fourth-order valence-electron chi connectivity index (χ4n) is 8.33. The van der Waals surface area contributed by atoms with Gasteiger partial charge >= 0.3 is 11.9 Å². The minimum Gasteiger partial charge on any atom is -0.456 e. The fourth-order valence-corrected chi connectivity index (χ4v) is 8.33. The van der Waals surface area contributed by atoms with Crippen molar-refractivity contribution in [3.05, 3.63) is 251 Å². The summed E-state index contributed by atoms with van der Waals surface area (Å²) in [5.41, 5.74) is 13.2. The molecule has 0 atom stereocenters. The van der Waals surface area contributed by atoms with Crippen LogP contribution in [0.3, 0.4) is 0 Å². The molecule has 14 heteroatoms. The maximum absolute atomic E-state index is 13.8. The van der Waals surface area contributed by atoms with Crippen LogP contribution in [0.2, 0.25) is 0 Å². The van der Waals surface area contributed by atoms with Gasteiger partial charge in [0.15, 0.2) is 0 Å². The maximum Gasteiger partial charge on any atom is 0.339 e. The van der Waals surface area contributed by atoms with Crippen LogP contribution in [0, 0.1) is 13.8 Å². The summed E-state index contributed by atoms with van der Waals surface area (Å²) in [5, 5.41) is 0. The summed E-state index contributed by atoms with van der Waals surface area (Å²) in [7, 11) is 0. The molecule has 10 rings (SSSR count). The van der Waals surface area contributed by atoms with E-state index in [0.717, 1.165) is 56.9 Å². The Morgan fingerprint density at radius 2 is 0.539 bits per heavy atom. The number of carbonyl (C=O) groups is 2. The molecule has 76 heavy (non-hydrogen) atoms. The molecule has 0 fully saturated rings. The highest BCUT2D eigenvalue weighted by Crippen LogP contribution is 2.30. The van der Waals surface area contributed by atoms with Crippen LogP contribution >= 0.6 is 0 Å². The van der Waals surface area contributed by atoms with Gasteiger partial charge in [-0.05, 0) is 134 Å². The molecule has 0 spiro atoms. The summed E-state index contributed by atoms with van der Waals surface area (Å²) >= 11 is 0. The maximum atomic E-state index is 13.8. The first kappa shape index (κ1) is 50.1. The summed E-state index contributed by atoms with van der Waals surface area (Å²) in [6.07, 6.45) is 0. The molecule has 0 radical (unpaired) electrons. The number of esters is 2. The number of hydrogen-bond donors (Lipinski definition) is 0. The lowest BCUT2D eigenvalue weighted by Crippen LogP contribution is -2.11. The molecule has 374 valence electrons. The monoisotopic (exact) mass is 1000 g/mol. The highest BCUT2D eigenvalue weighted by atomic mass is 16.5. The second-order valence-electron chi connectivity index (χ2n) is 17.6. The molecule has 0 aliphatic carbocycles. The first-order valence-electron chi connectivity index (χ1n) is 24.6. The van der Waals surface area contributed by atoms with E-state index in [1.807, 2.05) is 147 Å². The zero-order valence-corrected chi connectivity index (χ0v) is 41.7. The van der Waals surface area contributed by atoms with Crippen molar-refractivity contribution in [3.63, 3.8) is 0 Å². The Hall–Kier alpha value is -9.50. The molecule has 14 nitrogen and oxygen atoms in total. The molecule has 0 unspecified atom stereocenters. The fraction of sp³-hybridized carbons (Fsp3) is 0.129. The van der Waals surface area contributed by atoms with Gasteiger partial charge in [0.1, 0.15) is 13.2 Å². The molecule has 0 N–H and O–H groups in total. The van der Waals surface area contributed by atoms with E-state index in [9.17, 15) is 9.59 Å². The number of carbonyl (C=O) groups excluding carboxylic acids is 2. The standard InChI is InChI=1S/C62H50N8O6/c1-41-15-7-27-53(63-41)55-29-9-17-43(65-55)35-73-37-45-19-11-31-57(67-45)59-33-13-21-47(69-59)39-75-61(71)51-25-5-3-23-49(51)50-24-4-6-26-52(50)62(72)76-40-48-22-14-34-60(70-48)58-32-12-20-46(68-58)38-74-36-44-18-10-30-56(66-44)54-28-8-16-42(2)64-54/h3-34H,35-40H2,1-2H3. The van der Waals surface area contributed by atoms with Crippen molar-refractivity contribution in [3.8, 4) is 56.7 Å². The summed E-state index contributed by atoms with van der Waals surface area (Å²) in [6.45, 7) is 4.84. The number of ether oxygens (including phenoxy) is 4. The predicted octanol–water partition coefficient (Wildman–Crippen LogP) is 11.9. The summed E-state index contributed by atoms with van der Waals surface area (Å²) < 4.78 is 23.8. The normalized spacial score (nSPS) is 11.0. The molecule has 0 saturated heterocycles. The van der Waals surface area contributed by atoms with Crippen molar-refractivity contribution in [2.24, 2.45) is 0 Å². The summed E-state index contributed by atoms with van der Waals surface area (Å²) in [5.74, 6) is -1.16. The van der Waals surface area contributed by atoms with E-state index in [1.54, 1.807) is 60.7 Å². The van der Waals surface area contributed by atoms with E-state index in [-0.39, 0.29) is 37.6 Å². The Balaban J connectivity index is 0.739. The second-order valence-corrected chi connectivity index (χ2v) is 17.6. The van der Waals surface area contributed by atoms with Gasteiger partial charge in [0, 0.05) is 11.4 Å². The van der Waals surface area contributed by atoms with Gasteiger partial charge in [-0.1, -0.05) is 84.9 Å². The molecule has 2 aromatic carbocycles. The lowest BCUT2D eigenvalue weighted by atomic mass is 9.95. The molecular formula is C62H50N8O6. The van der Waals surface area contributed by atoms with Gasteiger partial charge in [0.05, 0.1) is 117 Å². The highest BCUT2D eigenvalue weighted by molar-refractivity contribution is 6.03. The third-order valence-electron chi connectivity index (χ3n) is 12.0. The zero-order valence-electron chi connectivity index (χ0n) is 41.7. The van der Waals surface area contributed by atoms with Crippen molar-refractivity contribution in [1.82, 2.24) is 39.9 Å². The minimum absolute atomic E-state index is 0.0996. The van der Waals surface area contributed by atoms with Gasteiger partial charge < -0.3 is 18.9 Å². The van der Waals surface area contributed by atoms with Crippen LogP contribution in [0.4, 0.5) is 0 Å². The van der Waals surface area contributed by atoms with Gasteiger partial charge in [0.2, 0.25) is 0 Å². The predicted molar refractivity (Wildman–Crippen MR) is 286 cm³/mol. The molecule has 0 amide bonds. The quantitative estimate of drug-likeness (QED) is 0.0700. The van der Waals surface area contributed by atoms with Crippen LogP contribution in [-0.2, 0) is 58.6 Å². The number of hydrogen-bond acceptors (Lipinski definition) is 14. The van der Waals surface area contributed by atoms with E-state index in [1.165, 1.54) is 0 Å². The first-order valence-corrected chi connectivity index (χ1v) is 24.6. The van der Waals surface area contributed by atoms with Crippen molar-refractivity contribution in [2.45, 2.75) is 53.5 Å². The Bertz CT molecular complexity index is 3440. The third kappa shape index (κ3) is 12.8. The average molecular weight is 1000 g/mol. The van der Waals surface area contributed by atoms with Gasteiger partial charge in [0.25, 0.3) is 0 Å². The first-order chi connectivity index (χ1) is 37.3. The van der Waals surface area contributed by atoms with Crippen molar-refractivity contribution in [2.75, 3.05) is 0 Å². The Morgan fingerprint density at radius 3 is 0.829 bits per heavy atom. The van der Waals surface area contributed by atoms with Gasteiger partial charge in [-0.25, -0.2) is 39.5 Å². The van der Waals surface area contributed by atoms with E-state index in [4.69, 9.17) is 48.9 Å². The largest absolute Gasteiger partial charge is 0.456 e. The minimum atomic E-state index is -0.581. The molecule has 8 heterocycles. The summed E-state index contributed by atoms with van der Waals surface area (Å²) in [6, 6.07) is 59.6. The van der Waals surface area contributed by atoms with Crippen LogP contribution in [0.25, 0.3) is 56.7 Å². The third-order valence-corrected chi connectivity index (χ3v) is 12.0. The number of aryl methyl sites for hydroxylation is 2. The number of nitrogens with zero attached hydrogens (tertiary/aromatic N) is 8. The van der Waals surface area contributed by atoms with E-state index in [0.29, 0.717) is 58.5 Å². The number of rotatable bonds is 19. The van der Waals surface area contributed by atoms with Crippen molar-refractivity contribution < 1.29 is 28.5 Å². The second kappa shape index (κ2) is 24.0. The Morgan fingerprint density at radius 1 is 0.289 bits per heavy atom. The van der Waals surface area contributed by atoms with Crippen molar-refractivity contribution >= 4 is 11.9 Å². The molecule has 8 aromatic heterocycles. The number of benzene rings is 2. The Kier molecular flexibility index (Phi) is 15.8. The van der Waals surface area contributed by atoms with Gasteiger partial charge in [-0.15, -0.1) is 0 Å². The van der Waals surface area contributed by atoms with Crippen LogP contribution in [0.1, 0.15) is 66.3 Å². The van der Waals surface area contributed by atoms with E-state index in [2.05, 4.69) is 9.97 Å². The van der Waals surface area contributed by atoms with Gasteiger partial charge in [-0.2, -0.15) is 0 Å². The molecule has 10 aromatic rings. The SMILES string of the molecule is Cc1cccc(-c2cccc(COCc3cccc(-c4cccc(COC(=O)c5ccccc5-c5ccccc5C(=O)OCc5cccc(-c6cccc(COCc7cccc(-c8cccc(C)n8)n7)n6)n5)n4)n3)n2)n1. The lowest BCUT2D eigenvalue weighted by Gasteiger charge is -2.14. The summed E-state index contributed by atoms with van der Waals surface area (Å²) in [4.78, 5) is 65.4. The van der Waals surface area contributed by atoms with Crippen LogP contribution in [0.5, 0.6) is 0 Å². The van der Waals surface area contributed by atoms with Crippen LogP contribution < -0.4 is 0 Å². The van der Waals surface area contributed by atoms with E-state index >= 15 is 0 Å². The molecular weight excluding hydrogens is 953 g/mol. The highest BCUT2D eigenvalue weighted by Gasteiger charge is 2.21. The molecule has 0 aliphatic rings. The zero-order chi connectivity index (χ0) is 52.1. The lowest BCUT2D eigenvalue weighted by molar-refractivity contribution is 0.0457. The van der Waals surface area contributed by atoms with Crippen LogP contribution in [-0.4, -0.2) is 51.8 Å². The molecule has 0 saturated carbocycles. The van der Waals surface area contributed by atoms with Crippen molar-refractivity contribution in [1.29, 1.82) is 0 Å². The number of aromatic nitrogens is 8. The Labute approximate surface area is 439 Å². The average Bonchev–Trinajstić information content (AvgIpc) is 3.46. The topological polar surface area (TPSA) is 174 Å². The molecule has 0 bridgehead atoms. The molecule has 0 aliphatic heterocycles. The van der Waals surface area contributed by atoms with E-state index < -0.39 is 11.9 Å².